The quantitative estimate of drug-likeness (QED) is 0.689. The molecule has 1 heterocycles. The first-order valence-electron chi connectivity index (χ1n) is 5.26. The summed E-state index contributed by atoms with van der Waals surface area (Å²) in [6, 6.07) is 0. The van der Waals surface area contributed by atoms with Crippen molar-refractivity contribution in [1.82, 2.24) is 4.90 Å². The largest absolute Gasteiger partial charge is 0.394 e. The van der Waals surface area contributed by atoms with Gasteiger partial charge in [-0.3, -0.25) is 4.79 Å². The molecule has 5 heteroatoms. The molecule has 0 aliphatic carbocycles. The Balaban J connectivity index is 2.61. The highest BCUT2D eigenvalue weighted by Gasteiger charge is 2.28. The number of hydrogen-bond acceptors (Lipinski definition) is 4. The zero-order chi connectivity index (χ0) is 12.1. The number of nitrogens with zero attached hydrogens (tertiary/aromatic N) is 1. The Morgan fingerprint density at radius 2 is 2.19 bits per heavy atom. The molecule has 0 saturated heterocycles. The Bertz CT molecular complexity index is 265. The van der Waals surface area contributed by atoms with Crippen LogP contribution in [0.3, 0.4) is 0 Å². The van der Waals surface area contributed by atoms with Gasteiger partial charge in [-0.2, -0.15) is 0 Å². The highest BCUT2D eigenvalue weighted by atomic mass is 16.7. The third-order valence-corrected chi connectivity index (χ3v) is 2.62. The molecule has 3 atom stereocenters. The summed E-state index contributed by atoms with van der Waals surface area (Å²) in [5.41, 5.74) is 0. The monoisotopic (exact) mass is 229 g/mol. The van der Waals surface area contributed by atoms with E-state index in [1.807, 2.05) is 6.08 Å². The molecule has 0 bridgehead atoms. The average Bonchev–Trinajstić information content (AvgIpc) is 2.29. The number of methoxy groups -OCH3 is 1. The third kappa shape index (κ3) is 3.30. The van der Waals surface area contributed by atoms with Crippen molar-refractivity contribution in [3.63, 3.8) is 0 Å². The molecule has 0 saturated carbocycles. The fourth-order valence-electron chi connectivity index (χ4n) is 1.57. The maximum absolute atomic E-state index is 11.5. The van der Waals surface area contributed by atoms with E-state index in [-0.39, 0.29) is 24.5 Å². The van der Waals surface area contributed by atoms with Gasteiger partial charge >= 0.3 is 0 Å². The Morgan fingerprint density at radius 3 is 2.69 bits per heavy atom. The zero-order valence-electron chi connectivity index (χ0n) is 9.92. The number of aliphatic hydroxyl groups is 1. The van der Waals surface area contributed by atoms with Crippen LogP contribution in [0.4, 0.5) is 0 Å². The summed E-state index contributed by atoms with van der Waals surface area (Å²) in [5, 5.41) is 9.19. The third-order valence-electron chi connectivity index (χ3n) is 2.62. The summed E-state index contributed by atoms with van der Waals surface area (Å²) in [6.45, 7) is -0.116. The number of aliphatic hydroxyl groups excluding tert-OH is 1. The van der Waals surface area contributed by atoms with E-state index in [1.165, 1.54) is 12.0 Å². The Morgan fingerprint density at radius 1 is 1.50 bits per heavy atom. The summed E-state index contributed by atoms with van der Waals surface area (Å²) in [5.74, 6) is -0.0705. The first-order chi connectivity index (χ1) is 7.58. The summed E-state index contributed by atoms with van der Waals surface area (Å²) in [6.07, 6.45) is 3.17. The van der Waals surface area contributed by atoms with Crippen LogP contribution in [-0.4, -0.2) is 56.1 Å². The van der Waals surface area contributed by atoms with Crippen molar-refractivity contribution in [1.29, 1.82) is 0 Å². The second-order valence-electron chi connectivity index (χ2n) is 4.00. The molecule has 0 fully saturated rings. The minimum absolute atomic E-state index is 0.0209. The maximum Gasteiger partial charge on any atom is 0.222 e. The first kappa shape index (κ1) is 13.2. The van der Waals surface area contributed by atoms with Gasteiger partial charge in [0.05, 0.1) is 12.7 Å². The molecule has 1 aliphatic heterocycles. The Hall–Kier alpha value is -0.910. The Kier molecular flexibility index (Phi) is 4.92. The predicted molar refractivity (Wildman–Crippen MR) is 58.7 cm³/mol. The molecule has 1 N–H and O–H groups in total. The Labute approximate surface area is 95.6 Å². The average molecular weight is 229 g/mol. The summed E-state index contributed by atoms with van der Waals surface area (Å²) in [7, 11) is 4.96. The molecule has 1 amide bonds. The van der Waals surface area contributed by atoms with Gasteiger partial charge in [-0.15, -0.1) is 0 Å². The molecule has 0 aromatic heterocycles. The van der Waals surface area contributed by atoms with Crippen LogP contribution in [0.5, 0.6) is 0 Å². The van der Waals surface area contributed by atoms with Crippen molar-refractivity contribution in [2.24, 2.45) is 5.92 Å². The molecule has 5 nitrogen and oxygen atoms in total. The molecule has 1 rings (SSSR count). The van der Waals surface area contributed by atoms with Crippen molar-refractivity contribution in [3.05, 3.63) is 12.2 Å². The van der Waals surface area contributed by atoms with Crippen LogP contribution in [0.25, 0.3) is 0 Å². The van der Waals surface area contributed by atoms with Gasteiger partial charge in [0.15, 0.2) is 6.29 Å². The summed E-state index contributed by atoms with van der Waals surface area (Å²) < 4.78 is 10.5. The van der Waals surface area contributed by atoms with Crippen LogP contribution in [-0.2, 0) is 14.3 Å². The van der Waals surface area contributed by atoms with Gasteiger partial charge in [0.1, 0.15) is 0 Å². The lowest BCUT2D eigenvalue weighted by Gasteiger charge is -2.30. The molecule has 1 aliphatic rings. The lowest BCUT2D eigenvalue weighted by atomic mass is 9.95. The fraction of sp³-hybridized carbons (Fsp3) is 0.727. The molecular weight excluding hydrogens is 210 g/mol. The molecule has 0 radical (unpaired) electrons. The van der Waals surface area contributed by atoms with Crippen LogP contribution < -0.4 is 0 Å². The van der Waals surface area contributed by atoms with Crippen molar-refractivity contribution >= 4 is 5.91 Å². The zero-order valence-corrected chi connectivity index (χ0v) is 9.92. The van der Waals surface area contributed by atoms with Crippen LogP contribution in [0, 0.1) is 5.92 Å². The van der Waals surface area contributed by atoms with Gasteiger partial charge in [-0.1, -0.05) is 6.08 Å². The van der Waals surface area contributed by atoms with Gasteiger partial charge in [-0.05, 0) is 6.08 Å². The van der Waals surface area contributed by atoms with E-state index in [2.05, 4.69) is 0 Å². The molecule has 16 heavy (non-hydrogen) atoms. The van der Waals surface area contributed by atoms with Crippen LogP contribution >= 0.6 is 0 Å². The van der Waals surface area contributed by atoms with E-state index in [9.17, 15) is 9.90 Å². The SMILES string of the molecule is CO[C@@H]1C=C[C@H](CC(=O)N(C)C)[C@@H](CO)O1. The minimum Gasteiger partial charge on any atom is -0.394 e. The van der Waals surface area contributed by atoms with E-state index in [1.54, 1.807) is 20.2 Å². The molecule has 0 unspecified atom stereocenters. The lowest BCUT2D eigenvalue weighted by molar-refractivity contribution is -0.160. The number of carbonyl (C=O) groups is 1. The van der Waals surface area contributed by atoms with E-state index in [0.717, 1.165) is 0 Å². The topological polar surface area (TPSA) is 59.0 Å². The van der Waals surface area contributed by atoms with Gasteiger partial charge in [0.2, 0.25) is 5.91 Å². The molecule has 0 spiro atoms. The normalized spacial score (nSPS) is 29.1. The van der Waals surface area contributed by atoms with Crippen molar-refractivity contribution < 1.29 is 19.4 Å². The van der Waals surface area contributed by atoms with Crippen molar-refractivity contribution in [3.8, 4) is 0 Å². The van der Waals surface area contributed by atoms with E-state index in [4.69, 9.17) is 9.47 Å². The summed E-state index contributed by atoms with van der Waals surface area (Å²) >= 11 is 0. The van der Waals surface area contributed by atoms with Crippen molar-refractivity contribution in [2.75, 3.05) is 27.8 Å². The second-order valence-corrected chi connectivity index (χ2v) is 4.00. The number of hydrogen-bond donors (Lipinski definition) is 1. The van der Waals surface area contributed by atoms with E-state index >= 15 is 0 Å². The van der Waals surface area contributed by atoms with Gasteiger partial charge in [0, 0.05) is 33.5 Å². The number of rotatable bonds is 4. The van der Waals surface area contributed by atoms with Gasteiger partial charge < -0.3 is 19.5 Å². The van der Waals surface area contributed by atoms with E-state index in [0.29, 0.717) is 6.42 Å². The van der Waals surface area contributed by atoms with Crippen LogP contribution in [0.1, 0.15) is 6.42 Å². The van der Waals surface area contributed by atoms with Gasteiger partial charge in [-0.25, -0.2) is 0 Å². The highest BCUT2D eigenvalue weighted by molar-refractivity contribution is 5.76. The molecule has 92 valence electrons. The summed E-state index contributed by atoms with van der Waals surface area (Å²) in [4.78, 5) is 13.1. The second kappa shape index (κ2) is 5.98. The molecule has 0 aromatic rings. The van der Waals surface area contributed by atoms with Crippen LogP contribution in [0.15, 0.2) is 12.2 Å². The number of carbonyl (C=O) groups excluding carboxylic acids is 1. The fourth-order valence-corrected chi connectivity index (χ4v) is 1.57. The van der Waals surface area contributed by atoms with Crippen molar-refractivity contribution in [2.45, 2.75) is 18.8 Å². The lowest BCUT2D eigenvalue weighted by Crippen LogP contribution is -2.37. The number of amides is 1. The minimum atomic E-state index is -0.428. The van der Waals surface area contributed by atoms with Crippen LogP contribution in [0.2, 0.25) is 0 Å². The maximum atomic E-state index is 11.5. The smallest absolute Gasteiger partial charge is 0.222 e. The first-order valence-corrected chi connectivity index (χ1v) is 5.26. The standard InChI is InChI=1S/C11H19NO4/c1-12(2)10(14)6-8-4-5-11(15-3)16-9(8)7-13/h4-5,8-9,11,13H,6-7H2,1-3H3/t8-,9-,11+/m1/s1. The predicted octanol–water partition coefficient (Wildman–Crippen LogP) is 0.000700. The number of ether oxygens (including phenoxy) is 2. The molecular formula is C11H19NO4. The van der Waals surface area contributed by atoms with Gasteiger partial charge in [0.25, 0.3) is 0 Å². The molecule has 0 aromatic carbocycles. The highest BCUT2D eigenvalue weighted by Crippen LogP contribution is 2.22. The van der Waals surface area contributed by atoms with E-state index < -0.39 is 6.29 Å².